The van der Waals surface area contributed by atoms with E-state index < -0.39 is 8.07 Å². The van der Waals surface area contributed by atoms with Crippen molar-refractivity contribution in [2.45, 2.75) is 43.4 Å². The smallest absolute Gasteiger partial charge is 0.0765 e. The summed E-state index contributed by atoms with van der Waals surface area (Å²) in [7, 11) is -2.00. The Hall–Kier alpha value is -2.64. The number of hydrogen-bond acceptors (Lipinski definition) is 0. The highest BCUT2D eigenvalue weighted by Gasteiger charge is 2.57. The molecule has 156 valence electrons. The molecular formula is C30H32Si. The lowest BCUT2D eigenvalue weighted by molar-refractivity contribution is 0.409. The molecule has 0 saturated carbocycles. The molecule has 0 aromatic heterocycles. The van der Waals surface area contributed by atoms with Crippen LogP contribution < -0.4 is 0 Å². The number of benzene rings is 3. The van der Waals surface area contributed by atoms with Gasteiger partial charge >= 0.3 is 0 Å². The summed E-state index contributed by atoms with van der Waals surface area (Å²) in [5.74, 6) is 0.562. The van der Waals surface area contributed by atoms with Crippen LogP contribution in [0.2, 0.25) is 13.1 Å². The van der Waals surface area contributed by atoms with Crippen LogP contribution in [0.15, 0.2) is 91.5 Å². The van der Waals surface area contributed by atoms with Gasteiger partial charge in [-0.05, 0) is 45.7 Å². The average molecular weight is 421 g/mol. The van der Waals surface area contributed by atoms with Gasteiger partial charge in [-0.3, -0.25) is 0 Å². The fraction of sp³-hybridized carbons (Fsp3) is 0.267. The van der Waals surface area contributed by atoms with Crippen LogP contribution in [0.25, 0.3) is 17.2 Å². The van der Waals surface area contributed by atoms with Crippen LogP contribution in [-0.4, -0.2) is 8.07 Å². The molecule has 3 aromatic carbocycles. The van der Waals surface area contributed by atoms with Gasteiger partial charge in [-0.2, -0.15) is 0 Å². The minimum Gasteiger partial charge on any atom is -0.103 e. The average Bonchev–Trinajstić information content (AvgIpc) is 3.35. The molecule has 0 saturated heterocycles. The van der Waals surface area contributed by atoms with Crippen LogP contribution in [-0.2, 0) is 5.04 Å². The summed E-state index contributed by atoms with van der Waals surface area (Å²) in [6, 6.07) is 27.4. The van der Waals surface area contributed by atoms with E-state index in [1.165, 1.54) is 27.8 Å². The van der Waals surface area contributed by atoms with E-state index in [-0.39, 0.29) is 5.04 Å². The van der Waals surface area contributed by atoms with Crippen LogP contribution in [0.5, 0.6) is 0 Å². The Bertz CT molecular complexity index is 1120. The molecule has 0 nitrogen and oxygen atoms in total. The van der Waals surface area contributed by atoms with Gasteiger partial charge in [0.05, 0.1) is 8.07 Å². The Labute approximate surface area is 188 Å². The molecule has 0 amide bonds. The van der Waals surface area contributed by atoms with Crippen molar-refractivity contribution in [3.8, 4) is 11.1 Å². The lowest BCUT2D eigenvalue weighted by Gasteiger charge is -2.51. The SMILES string of the molecule is C=CCC(CC)C1([Si](C)(C)C2c3ccccc3-c3ccccc32)C=Cc2ccccc21. The van der Waals surface area contributed by atoms with Gasteiger partial charge in [0.1, 0.15) is 0 Å². The van der Waals surface area contributed by atoms with Crippen molar-refractivity contribution in [3.05, 3.63) is 114 Å². The molecule has 2 unspecified atom stereocenters. The summed E-state index contributed by atoms with van der Waals surface area (Å²) in [6.07, 6.45) is 9.37. The van der Waals surface area contributed by atoms with Crippen LogP contribution in [0.4, 0.5) is 0 Å². The first-order valence-corrected chi connectivity index (χ1v) is 14.7. The summed E-state index contributed by atoms with van der Waals surface area (Å²) >= 11 is 0. The lowest BCUT2D eigenvalue weighted by atomic mass is 9.82. The highest BCUT2D eigenvalue weighted by atomic mass is 28.3. The highest BCUT2D eigenvalue weighted by Crippen LogP contribution is 2.59. The quantitative estimate of drug-likeness (QED) is 0.279. The summed E-state index contributed by atoms with van der Waals surface area (Å²) in [5.41, 5.74) is 9.37. The van der Waals surface area contributed by atoms with E-state index in [1.807, 2.05) is 0 Å². The van der Waals surface area contributed by atoms with E-state index in [9.17, 15) is 0 Å². The van der Waals surface area contributed by atoms with E-state index in [0.29, 0.717) is 11.5 Å². The van der Waals surface area contributed by atoms with Crippen LogP contribution in [0.3, 0.4) is 0 Å². The second-order valence-electron chi connectivity index (χ2n) is 9.75. The molecule has 0 aliphatic heterocycles. The molecule has 0 radical (unpaired) electrons. The Balaban J connectivity index is 1.79. The second kappa shape index (κ2) is 7.49. The summed E-state index contributed by atoms with van der Waals surface area (Å²) < 4.78 is 0. The van der Waals surface area contributed by atoms with Gasteiger partial charge in [-0.15, -0.1) is 6.58 Å². The van der Waals surface area contributed by atoms with Gasteiger partial charge in [0.15, 0.2) is 0 Å². The fourth-order valence-corrected chi connectivity index (χ4v) is 12.2. The molecule has 3 aromatic rings. The van der Waals surface area contributed by atoms with Crippen LogP contribution >= 0.6 is 0 Å². The zero-order chi connectivity index (χ0) is 21.6. The third-order valence-corrected chi connectivity index (χ3v) is 13.2. The molecule has 5 rings (SSSR count). The number of rotatable bonds is 6. The third-order valence-electron chi connectivity index (χ3n) is 8.14. The van der Waals surface area contributed by atoms with Crippen molar-refractivity contribution in [1.29, 1.82) is 0 Å². The molecular weight excluding hydrogens is 388 g/mol. The molecule has 2 aliphatic rings. The van der Waals surface area contributed by atoms with Gasteiger partial charge in [-0.25, -0.2) is 0 Å². The minimum atomic E-state index is -2.00. The first-order valence-electron chi connectivity index (χ1n) is 11.6. The van der Waals surface area contributed by atoms with E-state index in [0.717, 1.165) is 12.8 Å². The minimum absolute atomic E-state index is 0.0851. The molecule has 0 N–H and O–H groups in total. The number of fused-ring (bicyclic) bond motifs is 4. The van der Waals surface area contributed by atoms with Crippen LogP contribution in [0, 0.1) is 5.92 Å². The first kappa shape index (κ1) is 20.3. The van der Waals surface area contributed by atoms with Gasteiger partial charge in [0, 0.05) is 10.6 Å². The predicted molar refractivity (Wildman–Crippen MR) is 137 cm³/mol. The van der Waals surface area contributed by atoms with E-state index in [2.05, 4.69) is 118 Å². The zero-order valence-corrected chi connectivity index (χ0v) is 19.9. The largest absolute Gasteiger partial charge is 0.103 e. The molecule has 0 spiro atoms. The Kier molecular flexibility index (Phi) is 4.90. The van der Waals surface area contributed by atoms with Gasteiger partial charge in [0.25, 0.3) is 0 Å². The normalized spacial score (nSPS) is 20.2. The Morgan fingerprint density at radius 2 is 1.48 bits per heavy atom. The topological polar surface area (TPSA) is 0 Å². The number of hydrogen-bond donors (Lipinski definition) is 0. The monoisotopic (exact) mass is 420 g/mol. The molecule has 0 fully saturated rings. The molecule has 31 heavy (non-hydrogen) atoms. The summed E-state index contributed by atoms with van der Waals surface area (Å²) in [5, 5.41) is 0.0851. The van der Waals surface area contributed by atoms with E-state index >= 15 is 0 Å². The molecule has 0 heterocycles. The van der Waals surface area contributed by atoms with Crippen molar-refractivity contribution < 1.29 is 0 Å². The number of allylic oxidation sites excluding steroid dienone is 2. The highest BCUT2D eigenvalue weighted by molar-refractivity contribution is 6.83. The van der Waals surface area contributed by atoms with Crippen molar-refractivity contribution in [1.82, 2.24) is 0 Å². The lowest BCUT2D eigenvalue weighted by Crippen LogP contribution is -2.58. The van der Waals surface area contributed by atoms with Crippen molar-refractivity contribution >= 4 is 14.1 Å². The third kappa shape index (κ3) is 2.72. The van der Waals surface area contributed by atoms with E-state index in [4.69, 9.17) is 0 Å². The first-order chi connectivity index (χ1) is 15.1. The maximum Gasteiger partial charge on any atom is 0.0765 e. The van der Waals surface area contributed by atoms with Gasteiger partial charge < -0.3 is 0 Å². The van der Waals surface area contributed by atoms with Crippen molar-refractivity contribution in [2.75, 3.05) is 0 Å². The summed E-state index contributed by atoms with van der Waals surface area (Å²) in [4.78, 5) is 0. The second-order valence-corrected chi connectivity index (χ2v) is 14.6. The van der Waals surface area contributed by atoms with E-state index in [1.54, 1.807) is 5.56 Å². The molecule has 2 atom stereocenters. The predicted octanol–water partition coefficient (Wildman–Crippen LogP) is 8.15. The molecule has 1 heteroatoms. The van der Waals surface area contributed by atoms with Crippen molar-refractivity contribution in [3.63, 3.8) is 0 Å². The van der Waals surface area contributed by atoms with Gasteiger partial charge in [0.2, 0.25) is 0 Å². The maximum atomic E-state index is 4.15. The standard InChI is InChI=1S/C30H32Si/c1-5-13-23(6-2)30(21-20-22-14-7-12-19-28(22)30)31(3,4)29-26-17-10-8-15-24(26)25-16-9-11-18-27(25)29/h5,7-12,14-21,23,29H,1,6,13H2,2-4H3. The van der Waals surface area contributed by atoms with Gasteiger partial charge in [-0.1, -0.05) is 117 Å². The van der Waals surface area contributed by atoms with Crippen LogP contribution in [0.1, 0.15) is 47.6 Å². The fourth-order valence-electron chi connectivity index (χ4n) is 6.82. The maximum absolute atomic E-state index is 4.15. The Morgan fingerprint density at radius 1 is 0.903 bits per heavy atom. The Morgan fingerprint density at radius 3 is 2.10 bits per heavy atom. The van der Waals surface area contributed by atoms with Crippen molar-refractivity contribution in [2.24, 2.45) is 5.92 Å². The molecule has 0 bridgehead atoms. The zero-order valence-electron chi connectivity index (χ0n) is 18.9. The summed E-state index contributed by atoms with van der Waals surface area (Å²) in [6.45, 7) is 11.8. The molecule has 2 aliphatic carbocycles.